The Bertz CT molecular complexity index is 1020. The van der Waals surface area contributed by atoms with Crippen LogP contribution < -0.4 is 20.5 Å². The molecule has 0 aliphatic carbocycles. The molecule has 0 radical (unpaired) electrons. The van der Waals surface area contributed by atoms with Gasteiger partial charge in [-0.3, -0.25) is 9.59 Å². The number of nitrogens with one attached hydrogen (secondary N) is 1. The van der Waals surface area contributed by atoms with Gasteiger partial charge in [-0.25, -0.2) is 0 Å². The van der Waals surface area contributed by atoms with Crippen LogP contribution in [0, 0.1) is 0 Å². The van der Waals surface area contributed by atoms with Crippen molar-refractivity contribution in [3.63, 3.8) is 0 Å². The number of aromatic nitrogens is 3. The molecular weight excluding hydrogens is 366 g/mol. The highest BCUT2D eigenvalue weighted by molar-refractivity contribution is 7.20. The Kier molecular flexibility index (Phi) is 4.76. The van der Waals surface area contributed by atoms with E-state index in [9.17, 15) is 9.59 Å². The first kappa shape index (κ1) is 17.5. The van der Waals surface area contributed by atoms with E-state index in [4.69, 9.17) is 4.74 Å². The number of fused-ring (bicyclic) bond motifs is 1. The zero-order valence-electron chi connectivity index (χ0n) is 14.8. The van der Waals surface area contributed by atoms with Crippen molar-refractivity contribution in [2.45, 2.75) is 19.4 Å². The largest absolute Gasteiger partial charge is 0.497 e. The molecule has 1 aliphatic heterocycles. The number of hydrogen-bond donors (Lipinski definition) is 1. The Labute approximate surface area is 159 Å². The summed E-state index contributed by atoms with van der Waals surface area (Å²) in [5, 5.41) is 8.14. The monoisotopic (exact) mass is 385 g/mol. The van der Waals surface area contributed by atoms with Crippen LogP contribution in [0.4, 0.5) is 5.13 Å². The number of amides is 1. The molecule has 0 unspecified atom stereocenters. The molecule has 1 aliphatic rings. The first-order valence-corrected chi connectivity index (χ1v) is 9.53. The van der Waals surface area contributed by atoms with E-state index in [1.807, 2.05) is 24.3 Å². The Hall–Kier alpha value is -2.94. The molecular formula is C18H19N5O3S. The van der Waals surface area contributed by atoms with Crippen LogP contribution in [0.3, 0.4) is 0 Å². The fourth-order valence-corrected chi connectivity index (χ4v) is 3.98. The minimum absolute atomic E-state index is 0.195. The predicted octanol–water partition coefficient (Wildman–Crippen LogP) is 1.69. The topological polar surface area (TPSA) is 88.8 Å². The molecule has 3 heterocycles. The molecule has 1 amide bonds. The average molecular weight is 385 g/mol. The van der Waals surface area contributed by atoms with Gasteiger partial charge in [0.15, 0.2) is 0 Å². The van der Waals surface area contributed by atoms with Crippen molar-refractivity contribution >= 4 is 27.3 Å². The van der Waals surface area contributed by atoms with Crippen LogP contribution in [0.5, 0.6) is 5.75 Å². The van der Waals surface area contributed by atoms with Crippen LogP contribution in [0.25, 0.3) is 4.96 Å². The second-order valence-corrected chi connectivity index (χ2v) is 7.22. The summed E-state index contributed by atoms with van der Waals surface area (Å²) in [6.07, 6.45) is 2.24. The van der Waals surface area contributed by atoms with Crippen LogP contribution in [0.2, 0.25) is 0 Å². The van der Waals surface area contributed by atoms with Crippen molar-refractivity contribution in [1.82, 2.24) is 19.9 Å². The molecule has 0 atom stereocenters. The Morgan fingerprint density at radius 1 is 1.26 bits per heavy atom. The minimum atomic E-state index is -0.443. The molecule has 140 valence electrons. The lowest BCUT2D eigenvalue weighted by Gasteiger charge is -2.11. The first-order chi connectivity index (χ1) is 13.1. The van der Waals surface area contributed by atoms with Crippen LogP contribution in [-0.2, 0) is 6.54 Å². The van der Waals surface area contributed by atoms with Crippen molar-refractivity contribution in [3.8, 4) is 5.75 Å². The average Bonchev–Trinajstić information content (AvgIpc) is 3.35. The number of methoxy groups -OCH3 is 1. The van der Waals surface area contributed by atoms with E-state index < -0.39 is 5.56 Å². The number of carbonyl (C=O) groups excluding carboxylic acids is 1. The molecule has 0 bridgehead atoms. The van der Waals surface area contributed by atoms with Gasteiger partial charge in [0, 0.05) is 25.7 Å². The Morgan fingerprint density at radius 2 is 2.00 bits per heavy atom. The molecule has 8 nitrogen and oxygen atoms in total. The van der Waals surface area contributed by atoms with Crippen LogP contribution in [-0.4, -0.2) is 40.7 Å². The van der Waals surface area contributed by atoms with E-state index >= 15 is 0 Å². The van der Waals surface area contributed by atoms with Crippen molar-refractivity contribution in [3.05, 3.63) is 51.9 Å². The summed E-state index contributed by atoms with van der Waals surface area (Å²) in [6.45, 7) is 2.21. The maximum absolute atomic E-state index is 12.7. The molecule has 0 saturated carbocycles. The van der Waals surface area contributed by atoms with Crippen LogP contribution in [0.15, 0.2) is 35.1 Å². The van der Waals surface area contributed by atoms with E-state index in [0.29, 0.717) is 11.5 Å². The highest BCUT2D eigenvalue weighted by Crippen LogP contribution is 2.25. The predicted molar refractivity (Wildman–Crippen MR) is 103 cm³/mol. The number of hydrogen-bond acceptors (Lipinski definition) is 7. The third-order valence-corrected chi connectivity index (χ3v) is 5.43. The second-order valence-electron chi connectivity index (χ2n) is 6.28. The molecule has 4 rings (SSSR count). The van der Waals surface area contributed by atoms with Crippen molar-refractivity contribution in [2.24, 2.45) is 0 Å². The third-order valence-electron chi connectivity index (χ3n) is 4.46. The van der Waals surface area contributed by atoms with Gasteiger partial charge >= 0.3 is 0 Å². The Balaban J connectivity index is 1.57. The molecule has 27 heavy (non-hydrogen) atoms. The van der Waals surface area contributed by atoms with Gasteiger partial charge in [0.2, 0.25) is 10.1 Å². The van der Waals surface area contributed by atoms with Crippen molar-refractivity contribution < 1.29 is 9.53 Å². The lowest BCUT2D eigenvalue weighted by molar-refractivity contribution is 0.0943. The minimum Gasteiger partial charge on any atom is -0.497 e. The first-order valence-electron chi connectivity index (χ1n) is 8.71. The van der Waals surface area contributed by atoms with Gasteiger partial charge < -0.3 is 15.0 Å². The van der Waals surface area contributed by atoms with Gasteiger partial charge in [-0.05, 0) is 30.5 Å². The molecule has 3 aromatic rings. The van der Waals surface area contributed by atoms with Gasteiger partial charge in [-0.15, -0.1) is 5.10 Å². The molecule has 1 N–H and O–H groups in total. The van der Waals surface area contributed by atoms with E-state index in [2.05, 4.69) is 20.3 Å². The lowest BCUT2D eigenvalue weighted by atomic mass is 10.2. The van der Waals surface area contributed by atoms with Crippen LogP contribution in [0.1, 0.15) is 28.9 Å². The molecule has 0 spiro atoms. The number of benzene rings is 1. The number of rotatable bonds is 5. The van der Waals surface area contributed by atoms with Gasteiger partial charge in [-0.1, -0.05) is 23.5 Å². The number of carbonyl (C=O) groups is 1. The summed E-state index contributed by atoms with van der Waals surface area (Å²) in [5.41, 5.74) is 0.680. The zero-order chi connectivity index (χ0) is 18.8. The fraction of sp³-hybridized carbons (Fsp3) is 0.333. The Morgan fingerprint density at radius 3 is 2.70 bits per heavy atom. The summed E-state index contributed by atoms with van der Waals surface area (Å²) < 4.78 is 6.59. The molecule has 2 aromatic heterocycles. The highest BCUT2D eigenvalue weighted by atomic mass is 32.1. The van der Waals surface area contributed by atoms with E-state index in [-0.39, 0.29) is 11.6 Å². The quantitative estimate of drug-likeness (QED) is 0.719. The van der Waals surface area contributed by atoms with Gasteiger partial charge in [-0.2, -0.15) is 9.50 Å². The van der Waals surface area contributed by atoms with Gasteiger partial charge in [0.1, 0.15) is 11.4 Å². The van der Waals surface area contributed by atoms with Crippen LogP contribution >= 0.6 is 11.3 Å². The normalized spacial score (nSPS) is 13.9. The summed E-state index contributed by atoms with van der Waals surface area (Å²) in [5.74, 6) is 0.392. The molecule has 1 fully saturated rings. The fourth-order valence-electron chi connectivity index (χ4n) is 3.02. The zero-order valence-corrected chi connectivity index (χ0v) is 15.7. The number of nitrogens with zero attached hydrogens (tertiary/aromatic N) is 4. The smallest absolute Gasteiger partial charge is 0.274 e. The van der Waals surface area contributed by atoms with Crippen molar-refractivity contribution in [2.75, 3.05) is 25.1 Å². The number of anilines is 1. The molecule has 9 heteroatoms. The maximum atomic E-state index is 12.7. The standard InChI is InChI=1S/C18H19N5O3S/c1-26-13-6-4-12(5-7-13)11-19-16(25)14-10-15(24)20-17-23(14)21-18(27-17)22-8-2-3-9-22/h4-7,10H,2-3,8-9,11H2,1H3,(H,19,25). The highest BCUT2D eigenvalue weighted by Gasteiger charge is 2.20. The SMILES string of the molecule is COc1ccc(CNC(=O)c2cc(=O)nc3sc(N4CCCC4)nn23)cc1. The van der Waals surface area contributed by atoms with E-state index in [1.165, 1.54) is 21.9 Å². The van der Waals surface area contributed by atoms with Gasteiger partial charge in [0.25, 0.3) is 11.5 Å². The summed E-state index contributed by atoms with van der Waals surface area (Å²) in [4.78, 5) is 31.2. The van der Waals surface area contributed by atoms with Crippen molar-refractivity contribution in [1.29, 1.82) is 0 Å². The van der Waals surface area contributed by atoms with E-state index in [1.54, 1.807) is 7.11 Å². The van der Waals surface area contributed by atoms with E-state index in [0.717, 1.165) is 42.4 Å². The summed E-state index contributed by atoms with van der Waals surface area (Å²) >= 11 is 1.33. The van der Waals surface area contributed by atoms with Gasteiger partial charge in [0.05, 0.1) is 7.11 Å². The maximum Gasteiger partial charge on any atom is 0.274 e. The number of ether oxygens (including phenoxy) is 1. The second kappa shape index (κ2) is 7.36. The summed E-state index contributed by atoms with van der Waals surface area (Å²) in [6, 6.07) is 8.64. The molecule has 1 aromatic carbocycles. The lowest BCUT2D eigenvalue weighted by Crippen LogP contribution is -2.27. The third kappa shape index (κ3) is 3.63. The molecule has 1 saturated heterocycles. The summed E-state index contributed by atoms with van der Waals surface area (Å²) in [7, 11) is 1.60.